The number of rotatable bonds is 6. The van der Waals surface area contributed by atoms with E-state index in [1.807, 2.05) is 30.3 Å². The summed E-state index contributed by atoms with van der Waals surface area (Å²) in [6.45, 7) is 0.0935. The Hall–Kier alpha value is -2.41. The van der Waals surface area contributed by atoms with Gasteiger partial charge in [-0.2, -0.15) is 0 Å². The van der Waals surface area contributed by atoms with Crippen LogP contribution in [0.2, 0.25) is 0 Å². The van der Waals surface area contributed by atoms with E-state index in [0.29, 0.717) is 5.01 Å². The average molecular weight is 306 g/mol. The molecule has 2 aromatic rings. The Morgan fingerprint density at radius 2 is 2.10 bits per heavy atom. The Morgan fingerprint density at radius 1 is 1.33 bits per heavy atom. The van der Waals surface area contributed by atoms with Crippen molar-refractivity contribution < 1.29 is 19.4 Å². The van der Waals surface area contributed by atoms with Crippen LogP contribution in [0.5, 0.6) is 0 Å². The molecular weight excluding hydrogens is 292 g/mol. The number of nitrogens with one attached hydrogen (secondary N) is 1. The van der Waals surface area contributed by atoms with Gasteiger partial charge in [0.2, 0.25) is 0 Å². The number of hydrogen-bond acceptors (Lipinski definition) is 5. The molecule has 1 aromatic carbocycles. The van der Waals surface area contributed by atoms with Crippen LogP contribution in [0.25, 0.3) is 0 Å². The Morgan fingerprint density at radius 3 is 2.71 bits per heavy atom. The first-order valence-corrected chi connectivity index (χ1v) is 7.11. The predicted octanol–water partition coefficient (Wildman–Crippen LogP) is 2.07. The van der Waals surface area contributed by atoms with Crippen LogP contribution >= 0.6 is 11.3 Å². The second-order valence-electron chi connectivity index (χ2n) is 4.23. The van der Waals surface area contributed by atoms with Crippen molar-refractivity contribution in [3.8, 4) is 0 Å². The van der Waals surface area contributed by atoms with E-state index in [0.717, 1.165) is 5.56 Å². The molecule has 0 aliphatic carbocycles. The third-order valence-corrected chi connectivity index (χ3v) is 3.47. The highest BCUT2D eigenvalue weighted by molar-refractivity contribution is 7.09. The minimum Gasteiger partial charge on any atom is -0.480 e. The van der Waals surface area contributed by atoms with E-state index in [-0.39, 0.29) is 13.0 Å². The zero-order valence-electron chi connectivity index (χ0n) is 11.1. The zero-order valence-corrected chi connectivity index (χ0v) is 11.9. The quantitative estimate of drug-likeness (QED) is 0.853. The fourth-order valence-electron chi connectivity index (χ4n) is 1.64. The molecule has 2 N–H and O–H groups in total. The van der Waals surface area contributed by atoms with Crippen LogP contribution in [0.15, 0.2) is 41.9 Å². The Kier molecular flexibility index (Phi) is 5.28. The standard InChI is InChI=1S/C14H14N2O4S/c17-13(18)11(8-12-15-6-7-21-12)16-14(19)20-9-10-4-2-1-3-5-10/h1-7,11H,8-9H2,(H,16,19)(H,17,18)/t11-/m1/s1. The van der Waals surface area contributed by atoms with Crippen LogP contribution in [0, 0.1) is 0 Å². The first kappa shape index (κ1) is 15.0. The number of benzene rings is 1. The van der Waals surface area contributed by atoms with Crippen molar-refractivity contribution in [3.05, 3.63) is 52.5 Å². The SMILES string of the molecule is O=C(N[C@H](Cc1nccs1)C(=O)O)OCc1ccccc1. The first-order valence-electron chi connectivity index (χ1n) is 6.23. The number of aliphatic carboxylic acids is 1. The van der Waals surface area contributed by atoms with Gasteiger partial charge in [0.05, 0.1) is 5.01 Å². The summed E-state index contributed by atoms with van der Waals surface area (Å²) in [5.74, 6) is -1.12. The van der Waals surface area contributed by atoms with E-state index in [4.69, 9.17) is 9.84 Å². The summed E-state index contributed by atoms with van der Waals surface area (Å²) in [5.41, 5.74) is 0.833. The first-order chi connectivity index (χ1) is 10.1. The van der Waals surface area contributed by atoms with Crippen LogP contribution < -0.4 is 5.32 Å². The van der Waals surface area contributed by atoms with Gasteiger partial charge in [-0.3, -0.25) is 0 Å². The van der Waals surface area contributed by atoms with Crippen molar-refractivity contribution >= 4 is 23.4 Å². The van der Waals surface area contributed by atoms with E-state index in [2.05, 4.69) is 10.3 Å². The number of carboxylic acids is 1. The molecule has 0 saturated heterocycles. The third kappa shape index (κ3) is 4.88. The number of nitrogens with zero attached hydrogens (tertiary/aromatic N) is 1. The largest absolute Gasteiger partial charge is 0.480 e. The monoisotopic (exact) mass is 306 g/mol. The summed E-state index contributed by atoms with van der Waals surface area (Å²) in [5, 5.41) is 13.8. The lowest BCUT2D eigenvalue weighted by molar-refractivity contribution is -0.139. The van der Waals surface area contributed by atoms with Crippen LogP contribution in [-0.2, 0) is 22.6 Å². The minimum absolute atomic E-state index is 0.0935. The maximum atomic E-state index is 11.6. The summed E-state index contributed by atoms with van der Waals surface area (Å²) in [7, 11) is 0. The van der Waals surface area contributed by atoms with Gasteiger partial charge >= 0.3 is 12.1 Å². The summed E-state index contributed by atoms with van der Waals surface area (Å²) in [6, 6.07) is 8.10. The number of carboxylic acid groups (broad SMARTS) is 1. The maximum absolute atomic E-state index is 11.6. The summed E-state index contributed by atoms with van der Waals surface area (Å²) in [6.07, 6.45) is 0.961. The van der Waals surface area contributed by atoms with Gasteiger partial charge in [-0.1, -0.05) is 30.3 Å². The Bertz CT molecular complexity index is 586. The Balaban J connectivity index is 1.85. The lowest BCUT2D eigenvalue weighted by Crippen LogP contribution is -2.42. The number of ether oxygens (including phenoxy) is 1. The zero-order chi connectivity index (χ0) is 15.1. The summed E-state index contributed by atoms with van der Waals surface area (Å²) in [4.78, 5) is 26.8. The van der Waals surface area contributed by atoms with E-state index >= 15 is 0 Å². The maximum Gasteiger partial charge on any atom is 0.408 e. The molecule has 2 rings (SSSR count). The fraction of sp³-hybridized carbons (Fsp3) is 0.214. The number of amides is 1. The molecule has 21 heavy (non-hydrogen) atoms. The lowest BCUT2D eigenvalue weighted by Gasteiger charge is -2.13. The number of thiazole rings is 1. The van der Waals surface area contributed by atoms with Gasteiger partial charge in [0.15, 0.2) is 0 Å². The van der Waals surface area contributed by atoms with Crippen molar-refractivity contribution in [3.63, 3.8) is 0 Å². The average Bonchev–Trinajstić information content (AvgIpc) is 2.98. The van der Waals surface area contributed by atoms with Crippen molar-refractivity contribution in [1.82, 2.24) is 10.3 Å². The molecule has 1 amide bonds. The van der Waals surface area contributed by atoms with Gasteiger partial charge in [-0.25, -0.2) is 14.6 Å². The predicted molar refractivity (Wildman–Crippen MR) is 77.0 cm³/mol. The van der Waals surface area contributed by atoms with Crippen molar-refractivity contribution in [2.75, 3.05) is 0 Å². The molecule has 0 spiro atoms. The highest BCUT2D eigenvalue weighted by Crippen LogP contribution is 2.08. The highest BCUT2D eigenvalue weighted by Gasteiger charge is 2.22. The number of aromatic nitrogens is 1. The molecule has 1 heterocycles. The topological polar surface area (TPSA) is 88.5 Å². The summed E-state index contributed by atoms with van der Waals surface area (Å²) < 4.78 is 5.00. The van der Waals surface area contributed by atoms with Gasteiger partial charge in [-0.15, -0.1) is 11.3 Å². The van der Waals surface area contributed by atoms with Gasteiger partial charge < -0.3 is 15.2 Å². The number of carbonyl (C=O) groups is 2. The van der Waals surface area contributed by atoms with E-state index in [1.54, 1.807) is 11.6 Å². The molecule has 0 fully saturated rings. The van der Waals surface area contributed by atoms with E-state index in [1.165, 1.54) is 11.3 Å². The molecule has 1 atom stereocenters. The van der Waals surface area contributed by atoms with Crippen LogP contribution in [0.1, 0.15) is 10.6 Å². The van der Waals surface area contributed by atoms with E-state index < -0.39 is 18.1 Å². The second-order valence-corrected chi connectivity index (χ2v) is 5.21. The molecule has 0 radical (unpaired) electrons. The lowest BCUT2D eigenvalue weighted by atomic mass is 10.2. The fourth-order valence-corrected chi connectivity index (χ4v) is 2.30. The highest BCUT2D eigenvalue weighted by atomic mass is 32.1. The second kappa shape index (κ2) is 7.39. The van der Waals surface area contributed by atoms with Gasteiger partial charge in [-0.05, 0) is 5.56 Å². The molecule has 0 aliphatic heterocycles. The molecule has 0 bridgehead atoms. The van der Waals surface area contributed by atoms with Crippen LogP contribution in [0.3, 0.4) is 0 Å². The molecule has 6 nitrogen and oxygen atoms in total. The smallest absolute Gasteiger partial charge is 0.408 e. The van der Waals surface area contributed by atoms with Crippen molar-refractivity contribution in [2.45, 2.75) is 19.1 Å². The van der Waals surface area contributed by atoms with Gasteiger partial charge in [0, 0.05) is 18.0 Å². The van der Waals surface area contributed by atoms with Crippen molar-refractivity contribution in [2.24, 2.45) is 0 Å². The molecule has 0 unspecified atom stereocenters. The molecule has 0 aliphatic rings. The minimum atomic E-state index is -1.12. The third-order valence-electron chi connectivity index (χ3n) is 2.67. The van der Waals surface area contributed by atoms with Crippen LogP contribution in [0.4, 0.5) is 4.79 Å². The van der Waals surface area contributed by atoms with E-state index in [9.17, 15) is 9.59 Å². The normalized spacial score (nSPS) is 11.6. The number of carbonyl (C=O) groups excluding carboxylic acids is 1. The number of alkyl carbamates (subject to hydrolysis) is 1. The Labute approximate surface area is 125 Å². The number of hydrogen-bond donors (Lipinski definition) is 2. The summed E-state index contributed by atoms with van der Waals surface area (Å²) >= 11 is 1.34. The van der Waals surface area contributed by atoms with Crippen molar-refractivity contribution in [1.29, 1.82) is 0 Å². The molecule has 7 heteroatoms. The molecule has 0 saturated carbocycles. The molecule has 1 aromatic heterocycles. The molecule has 110 valence electrons. The molecular formula is C14H14N2O4S. The van der Waals surface area contributed by atoms with Gasteiger partial charge in [0.1, 0.15) is 12.6 Å². The van der Waals surface area contributed by atoms with Crippen LogP contribution in [-0.4, -0.2) is 28.2 Å². The van der Waals surface area contributed by atoms with Gasteiger partial charge in [0.25, 0.3) is 0 Å².